The zero-order valence-corrected chi connectivity index (χ0v) is 35.3. The molecule has 0 saturated heterocycles. The van der Waals surface area contributed by atoms with Crippen LogP contribution in [0.3, 0.4) is 0 Å². The first-order valence-corrected chi connectivity index (χ1v) is 22.2. The van der Waals surface area contributed by atoms with E-state index >= 15 is 0 Å². The molecular weight excluding hydrogens is 793 g/mol. The van der Waals surface area contributed by atoms with Gasteiger partial charge in [0.2, 0.25) is 0 Å². The summed E-state index contributed by atoms with van der Waals surface area (Å²) in [6.07, 6.45) is 0. The Kier molecular flexibility index (Phi) is 8.40. The van der Waals surface area contributed by atoms with Crippen molar-refractivity contribution in [2.24, 2.45) is 0 Å². The summed E-state index contributed by atoms with van der Waals surface area (Å²) in [6, 6.07) is 86.5. The van der Waals surface area contributed by atoms with Crippen LogP contribution in [0.2, 0.25) is 0 Å². The first-order valence-electron chi connectivity index (χ1n) is 22.2. The zero-order chi connectivity index (χ0) is 42.9. The number of hydrogen-bond acceptors (Lipinski definition) is 3. The quantitative estimate of drug-likeness (QED) is 0.167. The lowest BCUT2D eigenvalue weighted by molar-refractivity contribution is 0.400. The van der Waals surface area contributed by atoms with Gasteiger partial charge in [-0.2, -0.15) is 0 Å². The smallest absolute Gasteiger partial charge is 0.156 e. The van der Waals surface area contributed by atoms with Crippen LogP contribution in [0.25, 0.3) is 49.7 Å². The fourth-order valence-electron chi connectivity index (χ4n) is 10.5. The molecule has 1 aromatic heterocycles. The van der Waals surface area contributed by atoms with Crippen LogP contribution in [0.1, 0.15) is 22.3 Å². The highest BCUT2D eigenvalue weighted by Crippen LogP contribution is 2.63. The van der Waals surface area contributed by atoms with E-state index in [9.17, 15) is 0 Å². The second-order valence-electron chi connectivity index (χ2n) is 16.8. The van der Waals surface area contributed by atoms with Crippen LogP contribution < -0.4 is 14.4 Å². The third-order valence-electron chi connectivity index (χ3n) is 13.3. The van der Waals surface area contributed by atoms with Gasteiger partial charge in [-0.3, -0.25) is 0 Å². The van der Waals surface area contributed by atoms with Crippen molar-refractivity contribution in [2.45, 2.75) is 5.41 Å². The lowest BCUT2D eigenvalue weighted by Gasteiger charge is -2.45. The first kappa shape index (κ1) is 37.0. The topological polar surface area (TPSA) is 26.6 Å². The summed E-state index contributed by atoms with van der Waals surface area (Å²) in [5.41, 5.74) is 14.7. The van der Waals surface area contributed by atoms with Gasteiger partial charge in [0.05, 0.1) is 22.1 Å². The second kappa shape index (κ2) is 14.8. The maximum Gasteiger partial charge on any atom is 0.156 e. The Morgan fingerprint density at radius 2 is 0.815 bits per heavy atom. The number of anilines is 3. The van der Waals surface area contributed by atoms with Gasteiger partial charge >= 0.3 is 0 Å². The van der Waals surface area contributed by atoms with Crippen molar-refractivity contribution in [1.82, 2.24) is 4.57 Å². The zero-order valence-electron chi connectivity index (χ0n) is 35.3. The van der Waals surface area contributed by atoms with E-state index in [4.69, 9.17) is 9.47 Å². The van der Waals surface area contributed by atoms with Crippen LogP contribution in [-0.4, -0.2) is 4.57 Å². The standard InChI is InChI=1S/C61H40N2O2/c1-3-16-41(17-4-1)42-30-35-46(36-31-42)62(47-37-32-43(33-38-47)44-34-39-55-49(40-44)48-20-7-11-25-54(48)63(55)45-18-5-2-6-19-45)56-26-15-24-53-60(56)65-59-29-14-10-23-52(59)61(53)50-21-8-12-27-57(50)64-58-28-13-9-22-51(58)61/h1-40H. The minimum Gasteiger partial charge on any atom is -0.457 e. The highest BCUT2D eigenvalue weighted by molar-refractivity contribution is 6.10. The van der Waals surface area contributed by atoms with E-state index < -0.39 is 5.41 Å². The van der Waals surface area contributed by atoms with Gasteiger partial charge in [-0.15, -0.1) is 0 Å². The highest BCUT2D eigenvalue weighted by atomic mass is 16.5. The van der Waals surface area contributed by atoms with Crippen LogP contribution in [0, 0.1) is 0 Å². The van der Waals surface area contributed by atoms with Gasteiger partial charge in [0.1, 0.15) is 17.2 Å². The molecule has 0 atom stereocenters. The van der Waals surface area contributed by atoms with Gasteiger partial charge in [0.15, 0.2) is 5.75 Å². The van der Waals surface area contributed by atoms with Crippen molar-refractivity contribution in [2.75, 3.05) is 4.90 Å². The van der Waals surface area contributed by atoms with E-state index in [0.29, 0.717) is 0 Å². The number of ether oxygens (including phenoxy) is 2. The predicted molar refractivity (Wildman–Crippen MR) is 265 cm³/mol. The average molecular weight is 833 g/mol. The average Bonchev–Trinajstić information content (AvgIpc) is 3.71. The summed E-state index contributed by atoms with van der Waals surface area (Å²) in [5.74, 6) is 3.30. The molecule has 0 N–H and O–H groups in total. The summed E-state index contributed by atoms with van der Waals surface area (Å²) in [4.78, 5) is 2.34. The van der Waals surface area contributed by atoms with Crippen molar-refractivity contribution in [1.29, 1.82) is 0 Å². The minimum absolute atomic E-state index is 0.708. The number of aromatic nitrogens is 1. The van der Waals surface area contributed by atoms with Gasteiger partial charge in [-0.05, 0) is 101 Å². The van der Waals surface area contributed by atoms with Gasteiger partial charge < -0.3 is 18.9 Å². The van der Waals surface area contributed by atoms with E-state index in [0.717, 1.165) is 84.7 Å². The summed E-state index contributed by atoms with van der Waals surface area (Å²) < 4.78 is 16.2. The molecule has 2 aliphatic rings. The number of nitrogens with zero attached hydrogens (tertiary/aromatic N) is 2. The molecule has 0 aliphatic carbocycles. The molecule has 306 valence electrons. The lowest BCUT2D eigenvalue weighted by atomic mass is 9.62. The Hall–Kier alpha value is -8.60. The van der Waals surface area contributed by atoms with E-state index in [2.05, 4.69) is 252 Å². The van der Waals surface area contributed by atoms with Crippen LogP contribution >= 0.6 is 0 Å². The van der Waals surface area contributed by atoms with Gasteiger partial charge in [0.25, 0.3) is 0 Å². The van der Waals surface area contributed by atoms with Crippen LogP contribution in [0.15, 0.2) is 243 Å². The van der Waals surface area contributed by atoms with Crippen molar-refractivity contribution in [3.8, 4) is 50.9 Å². The Bertz CT molecular complexity index is 3530. The number of benzene rings is 10. The molecule has 4 nitrogen and oxygen atoms in total. The molecule has 4 heteroatoms. The third kappa shape index (κ3) is 5.71. The monoisotopic (exact) mass is 832 g/mol. The fraction of sp³-hybridized carbons (Fsp3) is 0.0164. The van der Waals surface area contributed by atoms with Crippen LogP contribution in [0.5, 0.6) is 23.0 Å². The normalized spacial score (nSPS) is 13.0. The molecule has 0 saturated carbocycles. The predicted octanol–water partition coefficient (Wildman–Crippen LogP) is 16.2. The summed E-state index contributed by atoms with van der Waals surface area (Å²) >= 11 is 0. The fourth-order valence-corrected chi connectivity index (χ4v) is 10.5. The molecule has 0 bridgehead atoms. The molecule has 11 aromatic rings. The van der Waals surface area contributed by atoms with E-state index in [1.807, 2.05) is 0 Å². The maximum absolute atomic E-state index is 7.20. The first-order chi connectivity index (χ1) is 32.2. The third-order valence-corrected chi connectivity index (χ3v) is 13.3. The Morgan fingerprint density at radius 3 is 1.46 bits per heavy atom. The molecular formula is C61H40N2O2. The highest BCUT2D eigenvalue weighted by Gasteiger charge is 2.51. The molecule has 3 heterocycles. The molecule has 0 radical (unpaired) electrons. The molecule has 0 unspecified atom stereocenters. The van der Waals surface area contributed by atoms with E-state index in [1.54, 1.807) is 0 Å². The van der Waals surface area contributed by atoms with Gasteiger partial charge in [0, 0.05) is 50.1 Å². The van der Waals surface area contributed by atoms with E-state index in [-0.39, 0.29) is 0 Å². The summed E-state index contributed by atoms with van der Waals surface area (Å²) in [7, 11) is 0. The summed E-state index contributed by atoms with van der Waals surface area (Å²) in [6.45, 7) is 0. The van der Waals surface area contributed by atoms with Crippen molar-refractivity contribution < 1.29 is 9.47 Å². The molecule has 0 fully saturated rings. The molecule has 65 heavy (non-hydrogen) atoms. The number of para-hydroxylation sites is 6. The molecule has 2 aliphatic heterocycles. The molecule has 13 rings (SSSR count). The van der Waals surface area contributed by atoms with Crippen LogP contribution in [-0.2, 0) is 5.41 Å². The van der Waals surface area contributed by atoms with E-state index in [1.165, 1.54) is 27.4 Å². The van der Waals surface area contributed by atoms with Gasteiger partial charge in [-0.1, -0.05) is 164 Å². The molecule has 10 aromatic carbocycles. The number of fused-ring (bicyclic) bond motifs is 11. The maximum atomic E-state index is 7.20. The molecule has 1 spiro atoms. The second-order valence-corrected chi connectivity index (χ2v) is 16.8. The number of hydrogen-bond donors (Lipinski definition) is 0. The largest absolute Gasteiger partial charge is 0.457 e. The van der Waals surface area contributed by atoms with Crippen molar-refractivity contribution >= 4 is 38.9 Å². The van der Waals surface area contributed by atoms with Crippen molar-refractivity contribution in [3.05, 3.63) is 265 Å². The Labute approximate surface area is 377 Å². The summed E-state index contributed by atoms with van der Waals surface area (Å²) in [5, 5.41) is 2.46. The number of rotatable bonds is 6. The van der Waals surface area contributed by atoms with Gasteiger partial charge in [-0.25, -0.2) is 0 Å². The Balaban J connectivity index is 0.991. The lowest BCUT2D eigenvalue weighted by Crippen LogP contribution is -2.37. The Morgan fingerprint density at radius 1 is 0.338 bits per heavy atom. The minimum atomic E-state index is -0.708. The SMILES string of the molecule is c1ccc(-c2ccc(N(c3ccc(-c4ccc5c(c4)c4ccccc4n5-c4ccccc4)cc3)c3cccc4c3Oc3ccccc3C43c4ccccc4Oc4ccccc43)cc2)cc1. The van der Waals surface area contributed by atoms with Crippen LogP contribution in [0.4, 0.5) is 17.1 Å². The molecule has 0 amide bonds. The van der Waals surface area contributed by atoms with Crippen molar-refractivity contribution in [3.63, 3.8) is 0 Å².